The van der Waals surface area contributed by atoms with Crippen LogP contribution >= 0.6 is 0 Å². The second-order valence-corrected chi connectivity index (χ2v) is 6.15. The van der Waals surface area contributed by atoms with Gasteiger partial charge in [0.1, 0.15) is 5.82 Å². The predicted octanol–water partition coefficient (Wildman–Crippen LogP) is 3.22. The molecule has 1 heterocycles. The summed E-state index contributed by atoms with van der Waals surface area (Å²) in [4.78, 5) is 24.8. The Morgan fingerprint density at radius 1 is 1.20 bits per heavy atom. The molecular weight excluding hydrogens is 323 g/mol. The summed E-state index contributed by atoms with van der Waals surface area (Å²) >= 11 is 0. The quantitative estimate of drug-likeness (QED) is 0.896. The van der Waals surface area contributed by atoms with Crippen LogP contribution in [0.5, 0.6) is 0 Å². The molecule has 25 heavy (non-hydrogen) atoms. The third kappa shape index (κ3) is 4.15. The minimum Gasteiger partial charge on any atom is -0.478 e. The smallest absolute Gasteiger partial charge is 0.335 e. The van der Waals surface area contributed by atoms with Gasteiger partial charge in [-0.2, -0.15) is 0 Å². The summed E-state index contributed by atoms with van der Waals surface area (Å²) in [5.74, 6) is -1.09. The zero-order chi connectivity index (χ0) is 17.8. The lowest BCUT2D eigenvalue weighted by atomic mass is 9.98. The van der Waals surface area contributed by atoms with E-state index in [0.717, 1.165) is 17.5 Å². The van der Waals surface area contributed by atoms with E-state index in [9.17, 15) is 14.0 Å². The van der Waals surface area contributed by atoms with Gasteiger partial charge in [0.25, 0.3) is 0 Å². The molecule has 2 N–H and O–H groups in total. The number of hydrogen-bond acceptors (Lipinski definition) is 2. The number of carbonyl (C=O) groups is 2. The standard InChI is InChI=1S/C19H19FN2O3/c20-17-3-1-2-15(10-17)16-8-9-22(12-16)19(25)21-11-13-4-6-14(7-5-13)18(23)24/h1-7,10,16H,8-9,11-12H2,(H,21,25)(H,23,24). The molecule has 1 fully saturated rings. The van der Waals surface area contributed by atoms with Gasteiger partial charge in [-0.1, -0.05) is 24.3 Å². The van der Waals surface area contributed by atoms with Gasteiger partial charge < -0.3 is 15.3 Å². The number of nitrogens with zero attached hydrogens (tertiary/aromatic N) is 1. The Hall–Kier alpha value is -2.89. The molecule has 1 unspecified atom stereocenters. The fourth-order valence-electron chi connectivity index (χ4n) is 3.03. The number of halogens is 1. The van der Waals surface area contributed by atoms with Crippen molar-refractivity contribution in [2.24, 2.45) is 0 Å². The topological polar surface area (TPSA) is 69.6 Å². The van der Waals surface area contributed by atoms with Crippen molar-refractivity contribution in [3.63, 3.8) is 0 Å². The minimum absolute atomic E-state index is 0.149. The van der Waals surface area contributed by atoms with Gasteiger partial charge in [-0.3, -0.25) is 0 Å². The molecule has 0 aliphatic carbocycles. The number of rotatable bonds is 4. The largest absolute Gasteiger partial charge is 0.478 e. The predicted molar refractivity (Wildman–Crippen MR) is 91.0 cm³/mol. The molecule has 1 saturated heterocycles. The molecule has 0 spiro atoms. The number of carbonyl (C=O) groups excluding carboxylic acids is 1. The fraction of sp³-hybridized carbons (Fsp3) is 0.263. The van der Waals surface area contributed by atoms with Crippen LogP contribution in [-0.2, 0) is 6.54 Å². The lowest BCUT2D eigenvalue weighted by molar-refractivity contribution is 0.0697. The molecular formula is C19H19FN2O3. The van der Waals surface area contributed by atoms with Crippen LogP contribution < -0.4 is 5.32 Å². The molecule has 130 valence electrons. The molecule has 6 heteroatoms. The second-order valence-electron chi connectivity index (χ2n) is 6.15. The Bertz CT molecular complexity index is 776. The van der Waals surface area contributed by atoms with E-state index in [1.54, 1.807) is 23.1 Å². The van der Waals surface area contributed by atoms with E-state index in [1.165, 1.54) is 24.3 Å². The van der Waals surface area contributed by atoms with Gasteiger partial charge in [0.15, 0.2) is 0 Å². The van der Waals surface area contributed by atoms with Crippen molar-refractivity contribution in [3.05, 3.63) is 71.0 Å². The Morgan fingerprint density at radius 2 is 1.96 bits per heavy atom. The minimum atomic E-state index is -0.976. The van der Waals surface area contributed by atoms with Crippen molar-refractivity contribution in [2.75, 3.05) is 13.1 Å². The SMILES string of the molecule is O=C(O)c1ccc(CNC(=O)N2CCC(c3cccc(F)c3)C2)cc1. The van der Waals surface area contributed by atoms with Crippen molar-refractivity contribution in [3.8, 4) is 0 Å². The molecule has 3 rings (SSSR count). The zero-order valence-electron chi connectivity index (χ0n) is 13.6. The average Bonchev–Trinajstić information content (AvgIpc) is 3.10. The Labute approximate surface area is 145 Å². The summed E-state index contributed by atoms with van der Waals surface area (Å²) < 4.78 is 13.3. The van der Waals surface area contributed by atoms with E-state index in [0.29, 0.717) is 19.6 Å². The first kappa shape index (κ1) is 17.0. The summed E-state index contributed by atoms with van der Waals surface area (Å²) in [6.45, 7) is 1.53. The maximum atomic E-state index is 13.3. The highest BCUT2D eigenvalue weighted by atomic mass is 19.1. The zero-order valence-corrected chi connectivity index (χ0v) is 13.6. The molecule has 0 aromatic heterocycles. The van der Waals surface area contributed by atoms with E-state index in [-0.39, 0.29) is 23.3 Å². The Morgan fingerprint density at radius 3 is 2.64 bits per heavy atom. The maximum absolute atomic E-state index is 13.3. The van der Waals surface area contributed by atoms with Gasteiger partial charge in [0, 0.05) is 25.6 Å². The van der Waals surface area contributed by atoms with Crippen molar-refractivity contribution in [1.29, 1.82) is 0 Å². The van der Waals surface area contributed by atoms with Gasteiger partial charge >= 0.3 is 12.0 Å². The van der Waals surface area contributed by atoms with Crippen molar-refractivity contribution in [1.82, 2.24) is 10.2 Å². The van der Waals surface area contributed by atoms with Crippen LogP contribution in [0, 0.1) is 5.82 Å². The number of hydrogen-bond donors (Lipinski definition) is 2. The van der Waals surface area contributed by atoms with Crippen LogP contribution in [0.3, 0.4) is 0 Å². The first-order chi connectivity index (χ1) is 12.0. The van der Waals surface area contributed by atoms with Crippen molar-refractivity contribution in [2.45, 2.75) is 18.9 Å². The van der Waals surface area contributed by atoms with Crippen LogP contribution in [0.1, 0.15) is 33.8 Å². The summed E-state index contributed by atoms with van der Waals surface area (Å²) in [5.41, 5.74) is 1.96. The third-order valence-corrected chi connectivity index (χ3v) is 4.44. The van der Waals surface area contributed by atoms with Crippen molar-refractivity contribution < 1.29 is 19.1 Å². The van der Waals surface area contributed by atoms with E-state index in [1.807, 2.05) is 6.07 Å². The van der Waals surface area contributed by atoms with Gasteiger partial charge in [-0.05, 0) is 41.8 Å². The monoisotopic (exact) mass is 342 g/mol. The van der Waals surface area contributed by atoms with Crippen LogP contribution in [0.25, 0.3) is 0 Å². The highest BCUT2D eigenvalue weighted by Crippen LogP contribution is 2.27. The maximum Gasteiger partial charge on any atom is 0.335 e. The molecule has 5 nitrogen and oxygen atoms in total. The third-order valence-electron chi connectivity index (χ3n) is 4.44. The second kappa shape index (κ2) is 7.34. The van der Waals surface area contributed by atoms with Crippen LogP contribution in [0.4, 0.5) is 9.18 Å². The Kier molecular flexibility index (Phi) is 4.97. The first-order valence-corrected chi connectivity index (χ1v) is 8.13. The van der Waals surface area contributed by atoms with Gasteiger partial charge in [0.05, 0.1) is 5.56 Å². The van der Waals surface area contributed by atoms with Crippen LogP contribution in [0.2, 0.25) is 0 Å². The molecule has 1 aliphatic heterocycles. The molecule has 0 saturated carbocycles. The van der Waals surface area contributed by atoms with E-state index < -0.39 is 5.97 Å². The highest BCUT2D eigenvalue weighted by molar-refractivity contribution is 5.87. The number of urea groups is 1. The normalized spacial score (nSPS) is 16.7. The first-order valence-electron chi connectivity index (χ1n) is 8.13. The van der Waals surface area contributed by atoms with Gasteiger partial charge in [-0.25, -0.2) is 14.0 Å². The summed E-state index contributed by atoms with van der Waals surface area (Å²) in [6.07, 6.45) is 0.810. The number of aromatic carboxylic acids is 1. The summed E-state index contributed by atoms with van der Waals surface area (Å²) in [7, 11) is 0. The Balaban J connectivity index is 1.53. The van der Waals surface area contributed by atoms with Crippen molar-refractivity contribution >= 4 is 12.0 Å². The molecule has 2 aromatic carbocycles. The van der Waals surface area contributed by atoms with Gasteiger partial charge in [0.2, 0.25) is 0 Å². The number of benzene rings is 2. The molecule has 0 radical (unpaired) electrons. The van der Waals surface area contributed by atoms with E-state index in [2.05, 4.69) is 5.32 Å². The summed E-state index contributed by atoms with van der Waals surface area (Å²) in [6, 6.07) is 12.7. The van der Waals surface area contributed by atoms with E-state index in [4.69, 9.17) is 5.11 Å². The molecule has 1 aliphatic rings. The average molecular weight is 342 g/mol. The fourth-order valence-corrected chi connectivity index (χ4v) is 3.03. The van der Waals surface area contributed by atoms with Crippen LogP contribution in [0.15, 0.2) is 48.5 Å². The van der Waals surface area contributed by atoms with E-state index >= 15 is 0 Å². The molecule has 1 atom stereocenters. The molecule has 0 bridgehead atoms. The molecule has 2 aromatic rings. The number of likely N-dealkylation sites (tertiary alicyclic amines) is 1. The van der Waals surface area contributed by atoms with Gasteiger partial charge in [-0.15, -0.1) is 0 Å². The highest BCUT2D eigenvalue weighted by Gasteiger charge is 2.27. The van der Waals surface area contributed by atoms with Crippen LogP contribution in [-0.4, -0.2) is 35.1 Å². The lowest BCUT2D eigenvalue weighted by Gasteiger charge is -2.17. The number of carboxylic acids is 1. The number of amides is 2. The number of nitrogens with one attached hydrogen (secondary N) is 1. The molecule has 2 amide bonds. The lowest BCUT2D eigenvalue weighted by Crippen LogP contribution is -2.37. The summed E-state index contributed by atoms with van der Waals surface area (Å²) in [5, 5.41) is 11.7. The number of carboxylic acid groups (broad SMARTS) is 1.